The molecule has 0 aliphatic rings. The second-order valence-corrected chi connectivity index (χ2v) is 5.84. The first-order valence-corrected chi connectivity index (χ1v) is 8.60. The molecule has 1 heteroatoms. The average Bonchev–Trinajstić information content (AvgIpc) is 2.41. The topological polar surface area (TPSA) is 20.2 Å². The van der Waals surface area contributed by atoms with E-state index in [2.05, 4.69) is 13.5 Å². The Kier molecular flexibility index (Phi) is 15.5. The Morgan fingerprint density at radius 1 is 0.789 bits per heavy atom. The van der Waals surface area contributed by atoms with Crippen LogP contribution in [0, 0.1) is 0 Å². The third kappa shape index (κ3) is 15.6. The summed E-state index contributed by atoms with van der Waals surface area (Å²) in [6, 6.07) is 0. The van der Waals surface area contributed by atoms with Gasteiger partial charge in [0.05, 0.1) is 6.10 Å². The van der Waals surface area contributed by atoms with Crippen molar-refractivity contribution in [2.75, 3.05) is 0 Å². The third-order valence-electron chi connectivity index (χ3n) is 3.84. The first-order chi connectivity index (χ1) is 9.31. The van der Waals surface area contributed by atoms with Crippen molar-refractivity contribution in [1.29, 1.82) is 0 Å². The zero-order valence-corrected chi connectivity index (χ0v) is 13.2. The van der Waals surface area contributed by atoms with Gasteiger partial charge >= 0.3 is 0 Å². The van der Waals surface area contributed by atoms with Crippen LogP contribution in [0.2, 0.25) is 0 Å². The van der Waals surface area contributed by atoms with Crippen LogP contribution in [-0.2, 0) is 0 Å². The van der Waals surface area contributed by atoms with E-state index >= 15 is 0 Å². The van der Waals surface area contributed by atoms with Gasteiger partial charge < -0.3 is 5.11 Å². The predicted octanol–water partition coefficient (Wildman–Crippen LogP) is 6.01. The van der Waals surface area contributed by atoms with Gasteiger partial charge in [-0.05, 0) is 25.7 Å². The van der Waals surface area contributed by atoms with Crippen LogP contribution in [0.4, 0.5) is 0 Å². The van der Waals surface area contributed by atoms with Gasteiger partial charge in [-0.15, -0.1) is 6.58 Å². The molecule has 1 N–H and O–H groups in total. The lowest BCUT2D eigenvalue weighted by Crippen LogP contribution is -2.05. The van der Waals surface area contributed by atoms with E-state index in [0.29, 0.717) is 0 Å². The summed E-state index contributed by atoms with van der Waals surface area (Å²) in [5, 5.41) is 9.87. The molecule has 0 saturated heterocycles. The Morgan fingerprint density at radius 3 is 1.79 bits per heavy atom. The van der Waals surface area contributed by atoms with Gasteiger partial charge in [0, 0.05) is 0 Å². The lowest BCUT2D eigenvalue weighted by atomic mass is 10.0. The van der Waals surface area contributed by atoms with Gasteiger partial charge in [0.1, 0.15) is 0 Å². The average molecular weight is 268 g/mol. The molecule has 0 fully saturated rings. The Morgan fingerprint density at radius 2 is 1.26 bits per heavy atom. The fourth-order valence-electron chi connectivity index (χ4n) is 2.50. The van der Waals surface area contributed by atoms with Gasteiger partial charge in [0.25, 0.3) is 0 Å². The van der Waals surface area contributed by atoms with Crippen LogP contribution in [0.25, 0.3) is 0 Å². The maximum atomic E-state index is 9.87. The lowest BCUT2D eigenvalue weighted by molar-refractivity contribution is 0.147. The highest BCUT2D eigenvalue weighted by atomic mass is 16.3. The number of rotatable bonds is 15. The Labute approximate surface area is 121 Å². The fraction of sp³-hybridized carbons (Fsp3) is 0.889. The zero-order chi connectivity index (χ0) is 14.2. The molecule has 114 valence electrons. The molecule has 0 heterocycles. The van der Waals surface area contributed by atoms with Crippen molar-refractivity contribution in [1.82, 2.24) is 0 Å². The Bertz CT molecular complexity index is 177. The van der Waals surface area contributed by atoms with Gasteiger partial charge in [0.15, 0.2) is 0 Å². The molecule has 0 aromatic rings. The first-order valence-electron chi connectivity index (χ1n) is 8.60. The predicted molar refractivity (Wildman–Crippen MR) is 86.5 cm³/mol. The van der Waals surface area contributed by atoms with Gasteiger partial charge in [-0.1, -0.05) is 77.2 Å². The van der Waals surface area contributed by atoms with Crippen molar-refractivity contribution < 1.29 is 5.11 Å². The van der Waals surface area contributed by atoms with Crippen LogP contribution in [0.1, 0.15) is 96.8 Å². The van der Waals surface area contributed by atoms with Crippen molar-refractivity contribution in [3.05, 3.63) is 12.7 Å². The molecule has 0 aromatic carbocycles. The second kappa shape index (κ2) is 15.8. The number of unbranched alkanes of at least 4 members (excludes halogenated alkanes) is 10. The molecule has 1 atom stereocenters. The number of hydrogen-bond donors (Lipinski definition) is 1. The summed E-state index contributed by atoms with van der Waals surface area (Å²) < 4.78 is 0. The second-order valence-electron chi connectivity index (χ2n) is 5.84. The summed E-state index contributed by atoms with van der Waals surface area (Å²) >= 11 is 0. The maximum Gasteiger partial charge on any atom is 0.0540 e. The Balaban J connectivity index is 3.11. The SMILES string of the molecule is C=CCCCCCCCCC(O)CCCCCCC. The molecule has 1 unspecified atom stereocenters. The molecule has 0 aliphatic heterocycles. The van der Waals surface area contributed by atoms with E-state index in [1.807, 2.05) is 6.08 Å². The van der Waals surface area contributed by atoms with E-state index in [-0.39, 0.29) is 6.10 Å². The van der Waals surface area contributed by atoms with Crippen LogP contribution < -0.4 is 0 Å². The summed E-state index contributed by atoms with van der Waals surface area (Å²) in [4.78, 5) is 0. The number of aliphatic hydroxyl groups excluding tert-OH is 1. The highest BCUT2D eigenvalue weighted by Gasteiger charge is 2.03. The van der Waals surface area contributed by atoms with E-state index < -0.39 is 0 Å². The minimum atomic E-state index is -0.0395. The van der Waals surface area contributed by atoms with Crippen LogP contribution in [0.3, 0.4) is 0 Å². The first kappa shape index (κ1) is 18.7. The Hall–Kier alpha value is -0.300. The van der Waals surface area contributed by atoms with Crippen LogP contribution in [0.15, 0.2) is 12.7 Å². The normalized spacial score (nSPS) is 12.5. The molecule has 0 aromatic heterocycles. The molecular formula is C18H36O. The van der Waals surface area contributed by atoms with Gasteiger partial charge in [0.2, 0.25) is 0 Å². The van der Waals surface area contributed by atoms with Crippen LogP contribution in [0.5, 0.6) is 0 Å². The van der Waals surface area contributed by atoms with E-state index in [0.717, 1.165) is 19.3 Å². The molecular weight excluding hydrogens is 232 g/mol. The number of hydrogen-bond acceptors (Lipinski definition) is 1. The van der Waals surface area contributed by atoms with Crippen molar-refractivity contribution in [3.63, 3.8) is 0 Å². The molecule has 0 aliphatic carbocycles. The summed E-state index contributed by atoms with van der Waals surface area (Å²) in [5.74, 6) is 0. The van der Waals surface area contributed by atoms with Crippen molar-refractivity contribution in [2.24, 2.45) is 0 Å². The standard InChI is InChI=1S/C18H36O/c1-3-5-7-9-10-11-13-15-17-18(19)16-14-12-8-6-4-2/h3,18-19H,1,4-17H2,2H3. The lowest BCUT2D eigenvalue weighted by Gasteiger charge is -2.10. The van der Waals surface area contributed by atoms with E-state index in [1.165, 1.54) is 70.6 Å². The maximum absolute atomic E-state index is 9.87. The molecule has 1 nitrogen and oxygen atoms in total. The highest BCUT2D eigenvalue weighted by Crippen LogP contribution is 2.13. The molecule has 0 radical (unpaired) electrons. The van der Waals surface area contributed by atoms with Crippen molar-refractivity contribution >= 4 is 0 Å². The van der Waals surface area contributed by atoms with Crippen LogP contribution >= 0.6 is 0 Å². The van der Waals surface area contributed by atoms with Gasteiger partial charge in [-0.2, -0.15) is 0 Å². The molecule has 19 heavy (non-hydrogen) atoms. The van der Waals surface area contributed by atoms with Crippen molar-refractivity contribution in [2.45, 2.75) is 103 Å². The largest absolute Gasteiger partial charge is 0.393 e. The van der Waals surface area contributed by atoms with Crippen molar-refractivity contribution in [3.8, 4) is 0 Å². The summed E-state index contributed by atoms with van der Waals surface area (Å²) in [6.07, 6.45) is 19.5. The molecule has 0 amide bonds. The number of allylic oxidation sites excluding steroid dienone is 1. The van der Waals surface area contributed by atoms with E-state index in [4.69, 9.17) is 0 Å². The smallest absolute Gasteiger partial charge is 0.0540 e. The molecule has 0 saturated carbocycles. The minimum absolute atomic E-state index is 0.0395. The summed E-state index contributed by atoms with van der Waals surface area (Å²) in [7, 11) is 0. The fourth-order valence-corrected chi connectivity index (χ4v) is 2.50. The van der Waals surface area contributed by atoms with E-state index in [9.17, 15) is 5.11 Å². The summed E-state index contributed by atoms with van der Waals surface area (Å²) in [5.41, 5.74) is 0. The minimum Gasteiger partial charge on any atom is -0.393 e. The monoisotopic (exact) mass is 268 g/mol. The molecule has 0 rings (SSSR count). The van der Waals surface area contributed by atoms with Gasteiger partial charge in [-0.25, -0.2) is 0 Å². The van der Waals surface area contributed by atoms with Gasteiger partial charge in [-0.3, -0.25) is 0 Å². The highest BCUT2D eigenvalue weighted by molar-refractivity contribution is 4.65. The zero-order valence-electron chi connectivity index (χ0n) is 13.2. The molecule has 0 spiro atoms. The molecule has 0 bridgehead atoms. The van der Waals surface area contributed by atoms with E-state index in [1.54, 1.807) is 0 Å². The van der Waals surface area contributed by atoms with Crippen LogP contribution in [-0.4, -0.2) is 11.2 Å². The quantitative estimate of drug-likeness (QED) is 0.284. The third-order valence-corrected chi connectivity index (χ3v) is 3.84. The number of aliphatic hydroxyl groups is 1. The summed E-state index contributed by atoms with van der Waals surface area (Å²) in [6.45, 7) is 5.98.